The number of anilines is 4. The van der Waals surface area contributed by atoms with Crippen molar-refractivity contribution in [2.45, 2.75) is 39.1 Å². The van der Waals surface area contributed by atoms with E-state index >= 15 is 0 Å². The molecular formula is C20H27N7O2S. The minimum absolute atomic E-state index is 0.218. The molecule has 3 rings (SSSR count). The van der Waals surface area contributed by atoms with Gasteiger partial charge in [-0.1, -0.05) is 0 Å². The lowest BCUT2D eigenvalue weighted by Gasteiger charge is -2.14. The Morgan fingerprint density at radius 3 is 2.23 bits per heavy atom. The van der Waals surface area contributed by atoms with Crippen molar-refractivity contribution in [2.75, 3.05) is 29.0 Å². The van der Waals surface area contributed by atoms with Gasteiger partial charge in [0.1, 0.15) is 10.7 Å². The third-order valence-electron chi connectivity index (χ3n) is 4.58. The summed E-state index contributed by atoms with van der Waals surface area (Å²) in [6.07, 6.45) is 0. The molecule has 0 radical (unpaired) electrons. The molecule has 9 nitrogen and oxygen atoms in total. The van der Waals surface area contributed by atoms with Crippen molar-refractivity contribution < 1.29 is 8.42 Å². The smallest absolute Gasteiger partial charge is 0.265 e. The molecule has 2 heterocycles. The number of benzene rings is 1. The van der Waals surface area contributed by atoms with Crippen LogP contribution in [0.3, 0.4) is 0 Å². The summed E-state index contributed by atoms with van der Waals surface area (Å²) in [4.78, 5) is 11.0. The van der Waals surface area contributed by atoms with Crippen molar-refractivity contribution in [3.63, 3.8) is 0 Å². The van der Waals surface area contributed by atoms with Crippen LogP contribution in [-0.4, -0.2) is 42.3 Å². The molecule has 0 saturated heterocycles. The zero-order valence-corrected chi connectivity index (χ0v) is 18.9. The first-order valence-corrected chi connectivity index (χ1v) is 11.1. The molecule has 3 aromatic rings. The fourth-order valence-electron chi connectivity index (χ4n) is 3.17. The molecule has 0 aliphatic heterocycles. The molecule has 0 fully saturated rings. The van der Waals surface area contributed by atoms with Gasteiger partial charge in [0.05, 0.1) is 11.4 Å². The SMILES string of the molecule is CCn1nc(C)c(S(=O)(=O)Nc2ccc(Nc3nc(C)cc(N(C)C)n3)cc2)c1C. The van der Waals surface area contributed by atoms with Gasteiger partial charge in [-0.3, -0.25) is 9.40 Å². The monoisotopic (exact) mass is 429 g/mol. The summed E-state index contributed by atoms with van der Waals surface area (Å²) in [5, 5.41) is 7.45. The summed E-state index contributed by atoms with van der Waals surface area (Å²) < 4.78 is 30.1. The minimum Gasteiger partial charge on any atom is -0.363 e. The Morgan fingerprint density at radius 1 is 1.03 bits per heavy atom. The zero-order valence-electron chi connectivity index (χ0n) is 18.1. The van der Waals surface area contributed by atoms with Gasteiger partial charge in [-0.25, -0.2) is 13.4 Å². The second-order valence-corrected chi connectivity index (χ2v) is 8.83. The lowest BCUT2D eigenvalue weighted by atomic mass is 10.3. The van der Waals surface area contributed by atoms with Crippen LogP contribution < -0.4 is 14.9 Å². The van der Waals surface area contributed by atoms with Gasteiger partial charge in [0.15, 0.2) is 0 Å². The highest BCUT2D eigenvalue weighted by Crippen LogP contribution is 2.24. The molecule has 0 unspecified atom stereocenters. The Balaban J connectivity index is 1.79. The maximum Gasteiger partial charge on any atom is 0.265 e. The molecule has 1 aromatic carbocycles. The van der Waals surface area contributed by atoms with Crippen molar-refractivity contribution in [1.82, 2.24) is 19.7 Å². The summed E-state index contributed by atoms with van der Waals surface area (Å²) in [6, 6.07) is 8.82. The number of hydrogen-bond donors (Lipinski definition) is 2. The summed E-state index contributed by atoms with van der Waals surface area (Å²) in [6.45, 7) is 7.90. The Labute approximate surface area is 177 Å². The van der Waals surface area contributed by atoms with E-state index < -0.39 is 10.0 Å². The first-order chi connectivity index (χ1) is 14.1. The fraction of sp³-hybridized carbons (Fsp3) is 0.350. The first-order valence-electron chi connectivity index (χ1n) is 9.57. The Kier molecular flexibility index (Phi) is 5.97. The van der Waals surface area contributed by atoms with E-state index in [4.69, 9.17) is 0 Å². The molecule has 10 heteroatoms. The number of nitrogens with one attached hydrogen (secondary N) is 2. The number of nitrogens with zero attached hydrogens (tertiary/aromatic N) is 5. The van der Waals surface area contributed by atoms with Gasteiger partial charge >= 0.3 is 0 Å². The van der Waals surface area contributed by atoms with Crippen LogP contribution in [0.5, 0.6) is 0 Å². The van der Waals surface area contributed by atoms with Crippen molar-refractivity contribution in [3.8, 4) is 0 Å². The first kappa shape index (κ1) is 21.6. The Hall–Kier alpha value is -3.14. The number of sulfonamides is 1. The van der Waals surface area contributed by atoms with Crippen LogP contribution in [0.15, 0.2) is 35.2 Å². The Bertz CT molecular complexity index is 1150. The quantitative estimate of drug-likeness (QED) is 0.594. The summed E-state index contributed by atoms with van der Waals surface area (Å²) in [7, 11) is 0.0932. The topological polar surface area (TPSA) is 105 Å². The highest BCUT2D eigenvalue weighted by molar-refractivity contribution is 7.92. The number of rotatable bonds is 7. The van der Waals surface area contributed by atoms with Gasteiger partial charge in [-0.15, -0.1) is 0 Å². The third-order valence-corrected chi connectivity index (χ3v) is 6.21. The molecular weight excluding hydrogens is 402 g/mol. The van der Waals surface area contributed by atoms with Gasteiger partial charge < -0.3 is 10.2 Å². The maximum absolute atomic E-state index is 12.9. The van der Waals surface area contributed by atoms with Crippen LogP contribution in [-0.2, 0) is 16.6 Å². The van der Waals surface area contributed by atoms with Gasteiger partial charge in [0.25, 0.3) is 10.0 Å². The van der Waals surface area contributed by atoms with Crippen LogP contribution >= 0.6 is 0 Å². The van der Waals surface area contributed by atoms with Crippen LogP contribution in [0.4, 0.5) is 23.1 Å². The zero-order chi connectivity index (χ0) is 22.1. The number of hydrogen-bond acceptors (Lipinski definition) is 7. The molecule has 0 bridgehead atoms. The van der Waals surface area contributed by atoms with Crippen molar-refractivity contribution in [3.05, 3.63) is 47.4 Å². The third kappa shape index (κ3) is 4.54. The second-order valence-electron chi connectivity index (χ2n) is 7.21. The molecule has 0 aliphatic carbocycles. The predicted octanol–water partition coefficient (Wildman–Crippen LogP) is 3.23. The highest BCUT2D eigenvalue weighted by atomic mass is 32.2. The van der Waals surface area contributed by atoms with Crippen LogP contribution in [0.25, 0.3) is 0 Å². The fourth-order valence-corrected chi connectivity index (χ4v) is 4.64. The second kappa shape index (κ2) is 8.31. The molecule has 30 heavy (non-hydrogen) atoms. The van der Waals surface area contributed by atoms with Gasteiger partial charge in [0, 0.05) is 43.8 Å². The average Bonchev–Trinajstić information content (AvgIpc) is 2.96. The van der Waals surface area contributed by atoms with Gasteiger partial charge in [-0.2, -0.15) is 10.1 Å². The van der Waals surface area contributed by atoms with Gasteiger partial charge in [0.2, 0.25) is 5.95 Å². The minimum atomic E-state index is -3.74. The van der Waals surface area contributed by atoms with Crippen molar-refractivity contribution >= 4 is 33.2 Å². The molecule has 0 spiro atoms. The molecule has 160 valence electrons. The molecule has 2 N–H and O–H groups in total. The molecule has 0 aliphatic rings. The average molecular weight is 430 g/mol. The van der Waals surface area contributed by atoms with E-state index in [0.29, 0.717) is 29.6 Å². The van der Waals surface area contributed by atoms with Crippen LogP contribution in [0, 0.1) is 20.8 Å². The Morgan fingerprint density at radius 2 is 1.67 bits per heavy atom. The van der Waals surface area contributed by atoms with Crippen LogP contribution in [0.1, 0.15) is 24.0 Å². The van der Waals surface area contributed by atoms with E-state index in [1.807, 2.05) is 38.9 Å². The summed E-state index contributed by atoms with van der Waals surface area (Å²) in [5.74, 6) is 1.28. The normalized spacial score (nSPS) is 11.4. The van der Waals surface area contributed by atoms with Gasteiger partial charge in [-0.05, 0) is 52.0 Å². The number of aromatic nitrogens is 4. The summed E-state index contributed by atoms with van der Waals surface area (Å²) in [5.41, 5.74) is 3.16. The van der Waals surface area contributed by atoms with E-state index in [1.165, 1.54) is 0 Å². The lowest BCUT2D eigenvalue weighted by molar-refractivity contribution is 0.598. The number of aryl methyl sites for hydroxylation is 3. The van der Waals surface area contributed by atoms with E-state index in [9.17, 15) is 8.42 Å². The largest absolute Gasteiger partial charge is 0.363 e. The molecule has 0 saturated carbocycles. The maximum atomic E-state index is 12.9. The van der Waals surface area contributed by atoms with Crippen LogP contribution in [0.2, 0.25) is 0 Å². The standard InChI is InChI=1S/C20H27N7O2S/c1-7-27-15(4)19(14(3)24-27)30(28,29)25-17-10-8-16(9-11-17)22-20-21-13(2)12-18(23-20)26(5)6/h8-12,25H,7H2,1-6H3,(H,21,22,23). The predicted molar refractivity (Wildman–Crippen MR) is 119 cm³/mol. The van der Waals surface area contributed by atoms with E-state index in [-0.39, 0.29) is 4.90 Å². The van der Waals surface area contributed by atoms with E-state index in [1.54, 1.807) is 42.8 Å². The summed E-state index contributed by atoms with van der Waals surface area (Å²) >= 11 is 0. The van der Waals surface area contributed by atoms with E-state index in [2.05, 4.69) is 25.1 Å². The van der Waals surface area contributed by atoms with Crippen molar-refractivity contribution in [1.29, 1.82) is 0 Å². The molecule has 0 amide bonds. The van der Waals surface area contributed by atoms with E-state index in [0.717, 1.165) is 17.2 Å². The molecule has 2 aromatic heterocycles. The highest BCUT2D eigenvalue weighted by Gasteiger charge is 2.24. The van der Waals surface area contributed by atoms with Crippen molar-refractivity contribution in [2.24, 2.45) is 0 Å². The lowest BCUT2D eigenvalue weighted by Crippen LogP contribution is -2.15. The molecule has 0 atom stereocenters.